The predicted molar refractivity (Wildman–Crippen MR) is 72.1 cm³/mol. The molecule has 1 heteroatoms. The minimum atomic E-state index is 0.789. The van der Waals surface area contributed by atoms with E-state index in [0.29, 0.717) is 0 Å². The Bertz CT molecular complexity index is 311. The molecule has 16 heavy (non-hydrogen) atoms. The van der Waals surface area contributed by atoms with Crippen LogP contribution in [0.2, 0.25) is 0 Å². The van der Waals surface area contributed by atoms with Gasteiger partial charge < -0.3 is 5.32 Å². The molecule has 1 heterocycles. The molecule has 0 amide bonds. The van der Waals surface area contributed by atoms with Crippen molar-refractivity contribution in [3.05, 3.63) is 34.9 Å². The molecule has 0 saturated carbocycles. The summed E-state index contributed by atoms with van der Waals surface area (Å²) in [6.45, 7) is 10.8. The molecule has 0 radical (unpaired) electrons. The van der Waals surface area contributed by atoms with Crippen molar-refractivity contribution in [3.63, 3.8) is 0 Å². The average Bonchev–Trinajstić information content (AvgIpc) is 2.33. The van der Waals surface area contributed by atoms with Crippen molar-refractivity contribution in [1.29, 1.82) is 0 Å². The maximum absolute atomic E-state index is 3.42. The molecule has 0 bridgehead atoms. The van der Waals surface area contributed by atoms with E-state index in [-0.39, 0.29) is 0 Å². The lowest BCUT2D eigenvalue weighted by Crippen LogP contribution is -2.26. The normalized spacial score (nSPS) is 16.5. The number of rotatable bonds is 1. The van der Waals surface area contributed by atoms with Gasteiger partial charge in [0, 0.05) is 0 Å². The lowest BCUT2D eigenvalue weighted by atomic mass is 9.87. The highest BCUT2D eigenvalue weighted by Crippen LogP contribution is 2.28. The Balaban J connectivity index is 0.000000606. The van der Waals surface area contributed by atoms with E-state index in [2.05, 4.69) is 37.4 Å². The van der Waals surface area contributed by atoms with Crippen LogP contribution in [0.25, 0.3) is 0 Å². The summed E-state index contributed by atoms with van der Waals surface area (Å²) in [5, 5.41) is 3.42. The van der Waals surface area contributed by atoms with Crippen LogP contribution in [0, 0.1) is 13.8 Å². The first kappa shape index (κ1) is 13.2. The van der Waals surface area contributed by atoms with E-state index in [9.17, 15) is 0 Å². The third-order valence-corrected chi connectivity index (χ3v) is 3.20. The Morgan fingerprint density at radius 1 is 1.06 bits per heavy atom. The second-order valence-electron chi connectivity index (χ2n) is 4.38. The van der Waals surface area contributed by atoms with Crippen molar-refractivity contribution in [2.24, 2.45) is 0 Å². The quantitative estimate of drug-likeness (QED) is 0.757. The highest BCUT2D eigenvalue weighted by atomic mass is 14.9. The van der Waals surface area contributed by atoms with E-state index in [4.69, 9.17) is 0 Å². The molecule has 1 aliphatic rings. The number of piperidine rings is 1. The smallest absolute Gasteiger partial charge is 0.00431 e. The topological polar surface area (TPSA) is 12.0 Å². The molecule has 1 nitrogen and oxygen atoms in total. The van der Waals surface area contributed by atoms with Crippen molar-refractivity contribution >= 4 is 0 Å². The van der Waals surface area contributed by atoms with Gasteiger partial charge in [-0.3, -0.25) is 0 Å². The molecule has 0 spiro atoms. The minimum Gasteiger partial charge on any atom is -0.317 e. The van der Waals surface area contributed by atoms with Crippen LogP contribution in [0.1, 0.15) is 49.3 Å². The van der Waals surface area contributed by atoms with Gasteiger partial charge in [-0.2, -0.15) is 0 Å². The fourth-order valence-corrected chi connectivity index (χ4v) is 2.42. The SMILES string of the molecule is CC.Cc1ccc(C2CCNCC2)c(C)c1. The van der Waals surface area contributed by atoms with Gasteiger partial charge in [0.1, 0.15) is 0 Å². The van der Waals surface area contributed by atoms with Gasteiger partial charge in [-0.15, -0.1) is 0 Å². The molecular formula is C15H25N. The number of benzene rings is 1. The monoisotopic (exact) mass is 219 g/mol. The van der Waals surface area contributed by atoms with Crippen molar-refractivity contribution in [1.82, 2.24) is 5.32 Å². The third-order valence-electron chi connectivity index (χ3n) is 3.20. The van der Waals surface area contributed by atoms with Crippen molar-refractivity contribution in [2.75, 3.05) is 13.1 Å². The summed E-state index contributed by atoms with van der Waals surface area (Å²) in [5.74, 6) is 0.789. The summed E-state index contributed by atoms with van der Waals surface area (Å²) in [4.78, 5) is 0. The Labute approximate surface area is 100 Å². The largest absolute Gasteiger partial charge is 0.317 e. The lowest BCUT2D eigenvalue weighted by molar-refractivity contribution is 0.459. The summed E-state index contributed by atoms with van der Waals surface area (Å²) >= 11 is 0. The zero-order valence-corrected chi connectivity index (χ0v) is 11.1. The lowest BCUT2D eigenvalue weighted by Gasteiger charge is -2.24. The zero-order valence-electron chi connectivity index (χ0n) is 11.1. The molecule has 0 atom stereocenters. The summed E-state index contributed by atoms with van der Waals surface area (Å²) in [6.07, 6.45) is 2.59. The van der Waals surface area contributed by atoms with E-state index < -0.39 is 0 Å². The van der Waals surface area contributed by atoms with Gasteiger partial charge in [0.15, 0.2) is 0 Å². The van der Waals surface area contributed by atoms with E-state index in [0.717, 1.165) is 5.92 Å². The fourth-order valence-electron chi connectivity index (χ4n) is 2.42. The number of nitrogens with one attached hydrogen (secondary N) is 1. The highest BCUT2D eigenvalue weighted by molar-refractivity contribution is 5.33. The van der Waals surface area contributed by atoms with E-state index in [1.54, 1.807) is 5.56 Å². The summed E-state index contributed by atoms with van der Waals surface area (Å²) < 4.78 is 0. The Morgan fingerprint density at radius 3 is 2.25 bits per heavy atom. The van der Waals surface area contributed by atoms with Crippen LogP contribution in [-0.4, -0.2) is 13.1 Å². The van der Waals surface area contributed by atoms with Crippen LogP contribution in [-0.2, 0) is 0 Å². The first-order valence-corrected chi connectivity index (χ1v) is 6.55. The fraction of sp³-hybridized carbons (Fsp3) is 0.600. The number of hydrogen-bond acceptors (Lipinski definition) is 1. The molecule has 0 aliphatic carbocycles. The van der Waals surface area contributed by atoms with Crippen molar-refractivity contribution in [2.45, 2.75) is 46.5 Å². The molecule has 90 valence electrons. The summed E-state index contributed by atoms with van der Waals surface area (Å²) in [5.41, 5.74) is 4.41. The minimum absolute atomic E-state index is 0.789. The molecule has 1 aromatic carbocycles. The average molecular weight is 219 g/mol. The standard InChI is InChI=1S/C13H19N.C2H6/c1-10-3-4-13(11(2)9-10)12-5-7-14-8-6-12;1-2/h3-4,9,12,14H,5-8H2,1-2H3;1-2H3. The van der Waals surface area contributed by atoms with E-state index >= 15 is 0 Å². The second-order valence-corrected chi connectivity index (χ2v) is 4.38. The van der Waals surface area contributed by atoms with Gasteiger partial charge in [-0.05, 0) is 56.8 Å². The van der Waals surface area contributed by atoms with Gasteiger partial charge in [0.05, 0.1) is 0 Å². The molecule has 1 saturated heterocycles. The zero-order chi connectivity index (χ0) is 12.0. The second kappa shape index (κ2) is 6.70. The number of aryl methyl sites for hydroxylation is 2. The number of hydrogen-bond donors (Lipinski definition) is 1. The molecular weight excluding hydrogens is 194 g/mol. The van der Waals surface area contributed by atoms with Gasteiger partial charge in [0.25, 0.3) is 0 Å². The van der Waals surface area contributed by atoms with E-state index in [1.165, 1.54) is 37.1 Å². The van der Waals surface area contributed by atoms with Crippen LogP contribution in [0.3, 0.4) is 0 Å². The molecule has 0 unspecified atom stereocenters. The first-order chi connectivity index (χ1) is 7.77. The molecule has 2 rings (SSSR count). The third kappa shape index (κ3) is 3.34. The maximum atomic E-state index is 3.42. The molecule has 1 aliphatic heterocycles. The van der Waals surface area contributed by atoms with Crippen LogP contribution in [0.4, 0.5) is 0 Å². The van der Waals surface area contributed by atoms with Crippen LogP contribution >= 0.6 is 0 Å². The molecule has 1 aromatic rings. The maximum Gasteiger partial charge on any atom is -0.00431 e. The Kier molecular flexibility index (Phi) is 5.54. The first-order valence-electron chi connectivity index (χ1n) is 6.55. The predicted octanol–water partition coefficient (Wildman–Crippen LogP) is 3.80. The van der Waals surface area contributed by atoms with Crippen molar-refractivity contribution < 1.29 is 0 Å². The van der Waals surface area contributed by atoms with E-state index in [1.807, 2.05) is 13.8 Å². The molecule has 1 N–H and O–H groups in total. The molecule has 1 fully saturated rings. The van der Waals surface area contributed by atoms with Crippen LogP contribution < -0.4 is 5.32 Å². The Hall–Kier alpha value is -0.820. The van der Waals surface area contributed by atoms with Crippen molar-refractivity contribution in [3.8, 4) is 0 Å². The highest BCUT2D eigenvalue weighted by Gasteiger charge is 2.16. The summed E-state index contributed by atoms with van der Waals surface area (Å²) in [6, 6.07) is 6.86. The molecule has 0 aromatic heterocycles. The van der Waals surface area contributed by atoms with Gasteiger partial charge in [-0.1, -0.05) is 37.6 Å². The van der Waals surface area contributed by atoms with Gasteiger partial charge in [0.2, 0.25) is 0 Å². The summed E-state index contributed by atoms with van der Waals surface area (Å²) in [7, 11) is 0. The van der Waals surface area contributed by atoms with Gasteiger partial charge in [-0.25, -0.2) is 0 Å². The Morgan fingerprint density at radius 2 is 1.69 bits per heavy atom. The van der Waals surface area contributed by atoms with Gasteiger partial charge >= 0.3 is 0 Å². The van der Waals surface area contributed by atoms with Crippen LogP contribution in [0.15, 0.2) is 18.2 Å². The van der Waals surface area contributed by atoms with Crippen LogP contribution in [0.5, 0.6) is 0 Å².